The summed E-state index contributed by atoms with van der Waals surface area (Å²) in [6.45, 7) is 2.17. The standard InChI is InChI=1S/C11H19N3O/c1-3-10(11-12-4-5-13-11)14-8-6-9(7-8)15-2/h4-5,8-10,14H,3,6-7H2,1-2H3,(H,12,13). The summed E-state index contributed by atoms with van der Waals surface area (Å²) in [6.07, 6.45) is 7.43. The van der Waals surface area contributed by atoms with E-state index in [9.17, 15) is 0 Å². The topological polar surface area (TPSA) is 49.9 Å². The molecule has 0 radical (unpaired) electrons. The largest absolute Gasteiger partial charge is 0.381 e. The van der Waals surface area contributed by atoms with E-state index in [0.29, 0.717) is 18.2 Å². The third-order valence-corrected chi connectivity index (χ3v) is 3.12. The summed E-state index contributed by atoms with van der Waals surface area (Å²) < 4.78 is 5.26. The number of hydrogen-bond acceptors (Lipinski definition) is 3. The van der Waals surface area contributed by atoms with E-state index in [2.05, 4.69) is 22.2 Å². The first-order chi connectivity index (χ1) is 7.33. The van der Waals surface area contributed by atoms with Crippen molar-refractivity contribution in [2.75, 3.05) is 7.11 Å². The minimum absolute atomic E-state index is 0.350. The van der Waals surface area contributed by atoms with Crippen LogP contribution in [-0.2, 0) is 4.74 Å². The molecule has 0 aromatic carbocycles. The molecule has 15 heavy (non-hydrogen) atoms. The molecule has 1 aromatic rings. The highest BCUT2D eigenvalue weighted by Gasteiger charge is 2.30. The normalized spacial score (nSPS) is 27.3. The van der Waals surface area contributed by atoms with E-state index in [1.807, 2.05) is 6.20 Å². The Morgan fingerprint density at radius 2 is 2.47 bits per heavy atom. The van der Waals surface area contributed by atoms with Crippen LogP contribution in [0.5, 0.6) is 0 Å². The molecule has 4 heteroatoms. The van der Waals surface area contributed by atoms with E-state index in [1.165, 1.54) is 0 Å². The van der Waals surface area contributed by atoms with E-state index in [0.717, 1.165) is 25.1 Å². The van der Waals surface area contributed by atoms with Gasteiger partial charge in [-0.25, -0.2) is 4.98 Å². The first-order valence-electron chi connectivity index (χ1n) is 5.61. The minimum atomic E-state index is 0.350. The average Bonchev–Trinajstić information content (AvgIpc) is 2.69. The second kappa shape index (κ2) is 4.77. The number of aromatic nitrogens is 2. The quantitative estimate of drug-likeness (QED) is 0.775. The van der Waals surface area contributed by atoms with Crippen LogP contribution in [0, 0.1) is 0 Å². The zero-order valence-corrected chi connectivity index (χ0v) is 9.36. The van der Waals surface area contributed by atoms with Gasteiger partial charge in [0.2, 0.25) is 0 Å². The van der Waals surface area contributed by atoms with Crippen molar-refractivity contribution in [1.82, 2.24) is 15.3 Å². The second-order valence-electron chi connectivity index (χ2n) is 4.13. The molecule has 1 aliphatic rings. The Balaban J connectivity index is 1.83. The van der Waals surface area contributed by atoms with Gasteiger partial charge in [0.1, 0.15) is 5.82 Å². The summed E-state index contributed by atoms with van der Waals surface area (Å²) in [5.41, 5.74) is 0. The lowest BCUT2D eigenvalue weighted by molar-refractivity contribution is 0.0137. The van der Waals surface area contributed by atoms with Crippen LogP contribution in [0.1, 0.15) is 38.1 Å². The first-order valence-corrected chi connectivity index (χ1v) is 5.61. The molecule has 1 heterocycles. The van der Waals surface area contributed by atoms with Crippen molar-refractivity contribution < 1.29 is 4.74 Å². The average molecular weight is 209 g/mol. The fraction of sp³-hybridized carbons (Fsp3) is 0.727. The van der Waals surface area contributed by atoms with E-state index < -0.39 is 0 Å². The maximum atomic E-state index is 5.26. The van der Waals surface area contributed by atoms with Crippen LogP contribution in [-0.4, -0.2) is 29.2 Å². The maximum absolute atomic E-state index is 5.26. The van der Waals surface area contributed by atoms with Gasteiger partial charge in [-0.3, -0.25) is 0 Å². The molecule has 1 aliphatic carbocycles. The molecule has 1 atom stereocenters. The number of aromatic amines is 1. The SMILES string of the molecule is CCC(NC1CC(OC)C1)c1ncc[nH]1. The Morgan fingerprint density at radius 1 is 1.67 bits per heavy atom. The third-order valence-electron chi connectivity index (χ3n) is 3.12. The van der Waals surface area contributed by atoms with Gasteiger partial charge in [0.25, 0.3) is 0 Å². The number of H-pyrrole nitrogens is 1. The monoisotopic (exact) mass is 209 g/mol. The minimum Gasteiger partial charge on any atom is -0.381 e. The molecule has 0 amide bonds. The summed E-state index contributed by atoms with van der Waals surface area (Å²) in [6, 6.07) is 0.938. The van der Waals surface area contributed by atoms with Gasteiger partial charge < -0.3 is 15.0 Å². The van der Waals surface area contributed by atoms with Gasteiger partial charge in [-0.2, -0.15) is 0 Å². The number of nitrogens with zero attached hydrogens (tertiary/aromatic N) is 1. The van der Waals surface area contributed by atoms with Crippen LogP contribution in [0.15, 0.2) is 12.4 Å². The molecule has 1 saturated carbocycles. The number of nitrogens with one attached hydrogen (secondary N) is 2. The van der Waals surface area contributed by atoms with E-state index >= 15 is 0 Å². The molecule has 0 saturated heterocycles. The predicted molar refractivity (Wildman–Crippen MR) is 58.6 cm³/mol. The second-order valence-corrected chi connectivity index (χ2v) is 4.13. The van der Waals surface area contributed by atoms with E-state index in [1.54, 1.807) is 13.3 Å². The molecule has 1 aromatic heterocycles. The lowest BCUT2D eigenvalue weighted by atomic mass is 9.88. The summed E-state index contributed by atoms with van der Waals surface area (Å²) in [4.78, 5) is 7.45. The molecular weight excluding hydrogens is 190 g/mol. The highest BCUT2D eigenvalue weighted by molar-refractivity contribution is 4.98. The molecule has 0 spiro atoms. The van der Waals surface area contributed by atoms with Crippen LogP contribution in [0.4, 0.5) is 0 Å². The molecule has 4 nitrogen and oxygen atoms in total. The Labute approximate surface area is 90.4 Å². The number of hydrogen-bond donors (Lipinski definition) is 2. The highest BCUT2D eigenvalue weighted by atomic mass is 16.5. The lowest BCUT2D eigenvalue weighted by Crippen LogP contribution is -2.46. The predicted octanol–water partition coefficient (Wildman–Crippen LogP) is 1.63. The Hall–Kier alpha value is -0.870. The van der Waals surface area contributed by atoms with Crippen molar-refractivity contribution >= 4 is 0 Å². The smallest absolute Gasteiger partial charge is 0.123 e. The molecule has 84 valence electrons. The third kappa shape index (κ3) is 2.38. The van der Waals surface area contributed by atoms with Crippen molar-refractivity contribution in [2.45, 2.75) is 44.4 Å². The van der Waals surface area contributed by atoms with Gasteiger partial charge in [0.05, 0.1) is 12.1 Å². The van der Waals surface area contributed by atoms with Gasteiger partial charge in [-0.1, -0.05) is 6.92 Å². The summed E-state index contributed by atoms with van der Waals surface area (Å²) in [5, 5.41) is 3.60. The van der Waals surface area contributed by atoms with Gasteiger partial charge in [-0.15, -0.1) is 0 Å². The number of rotatable bonds is 5. The van der Waals surface area contributed by atoms with Crippen molar-refractivity contribution in [1.29, 1.82) is 0 Å². The molecule has 1 fully saturated rings. The summed E-state index contributed by atoms with van der Waals surface area (Å²) >= 11 is 0. The fourth-order valence-electron chi connectivity index (χ4n) is 2.04. The Bertz CT molecular complexity index is 280. The molecule has 1 unspecified atom stereocenters. The van der Waals surface area contributed by atoms with Crippen LogP contribution < -0.4 is 5.32 Å². The van der Waals surface area contributed by atoms with E-state index in [-0.39, 0.29) is 0 Å². The zero-order chi connectivity index (χ0) is 10.7. The molecule has 0 bridgehead atoms. The van der Waals surface area contributed by atoms with Crippen molar-refractivity contribution in [2.24, 2.45) is 0 Å². The van der Waals surface area contributed by atoms with Crippen LogP contribution in [0.2, 0.25) is 0 Å². The highest BCUT2D eigenvalue weighted by Crippen LogP contribution is 2.25. The van der Waals surface area contributed by atoms with Gasteiger partial charge in [0.15, 0.2) is 0 Å². The van der Waals surface area contributed by atoms with Gasteiger partial charge >= 0.3 is 0 Å². The molecular formula is C11H19N3O. The van der Waals surface area contributed by atoms with Crippen molar-refractivity contribution in [3.05, 3.63) is 18.2 Å². The van der Waals surface area contributed by atoms with E-state index in [4.69, 9.17) is 4.74 Å². The first kappa shape index (κ1) is 10.6. The number of ether oxygens (including phenoxy) is 1. The van der Waals surface area contributed by atoms with Gasteiger partial charge in [0, 0.05) is 25.5 Å². The maximum Gasteiger partial charge on any atom is 0.123 e. The zero-order valence-electron chi connectivity index (χ0n) is 9.36. The molecule has 2 rings (SSSR count). The number of imidazole rings is 1. The lowest BCUT2D eigenvalue weighted by Gasteiger charge is -2.36. The summed E-state index contributed by atoms with van der Waals surface area (Å²) in [7, 11) is 1.78. The van der Waals surface area contributed by atoms with Gasteiger partial charge in [-0.05, 0) is 19.3 Å². The van der Waals surface area contributed by atoms with Crippen molar-refractivity contribution in [3.63, 3.8) is 0 Å². The van der Waals surface area contributed by atoms with Crippen LogP contribution >= 0.6 is 0 Å². The summed E-state index contributed by atoms with van der Waals surface area (Å²) in [5.74, 6) is 1.04. The van der Waals surface area contributed by atoms with Crippen LogP contribution in [0.25, 0.3) is 0 Å². The fourth-order valence-corrected chi connectivity index (χ4v) is 2.04. The Morgan fingerprint density at radius 3 is 3.00 bits per heavy atom. The van der Waals surface area contributed by atoms with Crippen LogP contribution in [0.3, 0.4) is 0 Å². The molecule has 2 N–H and O–H groups in total. The Kier molecular flexibility index (Phi) is 3.38. The number of methoxy groups -OCH3 is 1. The molecule has 0 aliphatic heterocycles. The van der Waals surface area contributed by atoms with Crippen molar-refractivity contribution in [3.8, 4) is 0 Å².